The van der Waals surface area contributed by atoms with Crippen LogP contribution < -0.4 is 9.47 Å². The molecule has 1 saturated heterocycles. The van der Waals surface area contributed by atoms with Gasteiger partial charge < -0.3 is 39.7 Å². The Labute approximate surface area is 277 Å². The van der Waals surface area contributed by atoms with Crippen molar-refractivity contribution in [2.24, 2.45) is 0 Å². The normalized spacial score (nSPS) is 24.3. The predicted octanol–water partition coefficient (Wildman–Crippen LogP) is 4.01. The fraction of sp³-hybridized carbons (Fsp3) is 0.378. The number of rotatable bonds is 7. The van der Waals surface area contributed by atoms with Crippen LogP contribution in [0.3, 0.4) is 0 Å². The summed E-state index contributed by atoms with van der Waals surface area (Å²) in [6.45, 7) is 2.04. The molecule has 3 aliphatic rings. The number of carbonyl (C=O) groups is 3. The summed E-state index contributed by atoms with van der Waals surface area (Å²) in [5.74, 6) is -2.84. The van der Waals surface area contributed by atoms with Crippen molar-refractivity contribution in [3.63, 3.8) is 0 Å². The van der Waals surface area contributed by atoms with Crippen LogP contribution in [0, 0.1) is 0 Å². The Bertz CT molecular complexity index is 1770. The second kappa shape index (κ2) is 13.6. The minimum absolute atomic E-state index is 0.0116. The van der Waals surface area contributed by atoms with Crippen molar-refractivity contribution in [1.29, 1.82) is 0 Å². The second-order valence-electron chi connectivity index (χ2n) is 12.5. The van der Waals surface area contributed by atoms with Crippen molar-refractivity contribution in [2.75, 3.05) is 0 Å². The Morgan fingerprint density at radius 1 is 0.896 bits per heavy atom. The van der Waals surface area contributed by atoms with Crippen molar-refractivity contribution in [1.82, 2.24) is 0 Å². The topological polar surface area (TPSA) is 180 Å². The van der Waals surface area contributed by atoms with Crippen LogP contribution in [0.5, 0.6) is 17.2 Å². The monoisotopic (exact) mass is 658 g/mol. The van der Waals surface area contributed by atoms with Crippen molar-refractivity contribution in [3.8, 4) is 17.2 Å². The van der Waals surface area contributed by atoms with Gasteiger partial charge in [0.2, 0.25) is 6.29 Å². The maximum Gasteiger partial charge on any atom is 0.308 e. The molecule has 6 rings (SSSR count). The van der Waals surface area contributed by atoms with Gasteiger partial charge in [0, 0.05) is 34.7 Å². The van der Waals surface area contributed by atoms with E-state index in [-0.39, 0.29) is 56.4 Å². The molecule has 0 bridgehead atoms. The SMILES string of the molecule is CC(=O)Oc1cc(CO)c2c(c1/C=C/c1ccccc1)C(=O)c1cc(O[C@H]3O[C@@H](C)[C@@H](O)[C@@H](O)[C@H]3O)c(C3CCCCC3)c(O)c1C2=O. The van der Waals surface area contributed by atoms with Gasteiger partial charge in [-0.25, -0.2) is 0 Å². The quantitative estimate of drug-likeness (QED) is 0.110. The summed E-state index contributed by atoms with van der Waals surface area (Å²) in [6.07, 6.45) is 0.242. The van der Waals surface area contributed by atoms with Crippen LogP contribution in [0.25, 0.3) is 12.2 Å². The molecule has 1 saturated carbocycles. The molecule has 0 spiro atoms. The average Bonchev–Trinajstić information content (AvgIpc) is 3.08. The molecule has 0 aromatic heterocycles. The number of esters is 1. The lowest BCUT2D eigenvalue weighted by Crippen LogP contribution is -2.58. The molecule has 2 fully saturated rings. The van der Waals surface area contributed by atoms with Crippen LogP contribution >= 0.6 is 0 Å². The molecule has 5 N–H and O–H groups in total. The Morgan fingerprint density at radius 2 is 1.60 bits per heavy atom. The lowest BCUT2D eigenvalue weighted by molar-refractivity contribution is -0.268. The first-order chi connectivity index (χ1) is 23.0. The molecule has 2 aliphatic carbocycles. The highest BCUT2D eigenvalue weighted by Gasteiger charge is 2.45. The van der Waals surface area contributed by atoms with E-state index in [1.165, 1.54) is 26.0 Å². The van der Waals surface area contributed by atoms with E-state index < -0.39 is 60.6 Å². The summed E-state index contributed by atoms with van der Waals surface area (Å²) in [5.41, 5.74) is 0.516. The fourth-order valence-corrected chi connectivity index (χ4v) is 6.94. The minimum atomic E-state index is -1.67. The summed E-state index contributed by atoms with van der Waals surface area (Å²) >= 11 is 0. The number of ether oxygens (including phenoxy) is 3. The van der Waals surface area contributed by atoms with E-state index in [4.69, 9.17) is 14.2 Å². The second-order valence-corrected chi connectivity index (χ2v) is 12.5. The predicted molar refractivity (Wildman–Crippen MR) is 173 cm³/mol. The zero-order chi connectivity index (χ0) is 34.3. The maximum absolute atomic E-state index is 14.6. The highest BCUT2D eigenvalue weighted by molar-refractivity contribution is 6.31. The zero-order valence-corrected chi connectivity index (χ0v) is 26.6. The Kier molecular flexibility index (Phi) is 9.50. The van der Waals surface area contributed by atoms with Gasteiger partial charge in [-0.3, -0.25) is 14.4 Å². The van der Waals surface area contributed by atoms with E-state index >= 15 is 0 Å². The first kappa shape index (κ1) is 33.5. The molecule has 1 aliphatic heterocycles. The molecule has 48 heavy (non-hydrogen) atoms. The summed E-state index contributed by atoms with van der Waals surface area (Å²) in [4.78, 5) is 41.1. The van der Waals surface area contributed by atoms with Gasteiger partial charge in [-0.15, -0.1) is 0 Å². The van der Waals surface area contributed by atoms with Crippen LogP contribution in [-0.2, 0) is 16.1 Å². The van der Waals surface area contributed by atoms with Gasteiger partial charge in [-0.05, 0) is 55.0 Å². The van der Waals surface area contributed by atoms with Crippen molar-refractivity contribution in [2.45, 2.75) is 89.2 Å². The molecule has 11 heteroatoms. The van der Waals surface area contributed by atoms with Crippen molar-refractivity contribution in [3.05, 3.63) is 87.0 Å². The van der Waals surface area contributed by atoms with Crippen LogP contribution in [0.4, 0.5) is 0 Å². The Balaban J connectivity index is 1.55. The lowest BCUT2D eigenvalue weighted by Gasteiger charge is -2.39. The number of benzene rings is 3. The molecule has 11 nitrogen and oxygen atoms in total. The highest BCUT2D eigenvalue weighted by atomic mass is 16.7. The van der Waals surface area contributed by atoms with Gasteiger partial charge in [0.15, 0.2) is 11.6 Å². The van der Waals surface area contributed by atoms with Gasteiger partial charge in [-0.2, -0.15) is 0 Å². The van der Waals surface area contributed by atoms with Crippen molar-refractivity contribution >= 4 is 29.7 Å². The molecular formula is C37H38O11. The van der Waals surface area contributed by atoms with E-state index in [2.05, 4.69) is 0 Å². The molecular weight excluding hydrogens is 620 g/mol. The van der Waals surface area contributed by atoms with Crippen molar-refractivity contribution < 1.29 is 54.1 Å². The molecule has 0 unspecified atom stereocenters. The lowest BCUT2D eigenvalue weighted by atomic mass is 9.75. The molecule has 252 valence electrons. The average molecular weight is 659 g/mol. The number of phenolic OH excluding ortho intramolecular Hbond substituents is 1. The molecule has 3 aromatic carbocycles. The van der Waals surface area contributed by atoms with Gasteiger partial charge in [0.25, 0.3) is 0 Å². The summed E-state index contributed by atoms with van der Waals surface area (Å²) in [7, 11) is 0. The zero-order valence-electron chi connectivity index (χ0n) is 26.6. The first-order valence-corrected chi connectivity index (χ1v) is 16.1. The van der Waals surface area contributed by atoms with E-state index in [1.807, 2.05) is 30.3 Å². The number of ketones is 2. The highest BCUT2D eigenvalue weighted by Crippen LogP contribution is 2.49. The van der Waals surface area contributed by atoms with E-state index in [1.54, 1.807) is 12.2 Å². The molecule has 0 amide bonds. The summed E-state index contributed by atoms with van der Waals surface area (Å²) < 4.78 is 17.3. The number of phenols is 1. The van der Waals surface area contributed by atoms with Crippen LogP contribution in [0.2, 0.25) is 0 Å². The minimum Gasteiger partial charge on any atom is -0.507 e. The van der Waals surface area contributed by atoms with E-state index in [0.717, 1.165) is 24.8 Å². The number of hydrogen-bond acceptors (Lipinski definition) is 11. The van der Waals surface area contributed by atoms with Crippen LogP contribution in [0.15, 0.2) is 42.5 Å². The number of carbonyl (C=O) groups excluding carboxylic acids is 3. The third-order valence-electron chi connectivity index (χ3n) is 9.37. The van der Waals surface area contributed by atoms with E-state index in [9.17, 15) is 39.9 Å². The van der Waals surface area contributed by atoms with Crippen LogP contribution in [-0.4, -0.2) is 73.8 Å². The van der Waals surface area contributed by atoms with Gasteiger partial charge in [0.1, 0.15) is 35.6 Å². The first-order valence-electron chi connectivity index (χ1n) is 16.1. The summed E-state index contributed by atoms with van der Waals surface area (Å²) in [5, 5.41) is 53.7. The Morgan fingerprint density at radius 3 is 2.27 bits per heavy atom. The molecule has 3 aromatic rings. The maximum atomic E-state index is 14.6. The fourth-order valence-electron chi connectivity index (χ4n) is 6.94. The van der Waals surface area contributed by atoms with Gasteiger partial charge in [-0.1, -0.05) is 55.7 Å². The standard InChI is InChI=1S/C37H38O11/c1-18-31(40)35(44)36(45)37(46-18)48-26-16-24-30(33(42)27(26)21-11-7-4-8-12-21)34(43)28-22(17-38)15-25(47-19(2)39)23(29(28)32(24)41)14-13-20-9-5-3-6-10-20/h3,5-6,9-10,13-16,18,21,31,35-38,40,42,44-45H,4,7-8,11-12,17H2,1-2H3/b14-13+/t18-,31+,35+,36+,37+/m0/s1. The molecule has 1 heterocycles. The van der Waals surface area contributed by atoms with Gasteiger partial charge >= 0.3 is 5.97 Å². The number of fused-ring (bicyclic) bond motifs is 2. The largest absolute Gasteiger partial charge is 0.507 e. The van der Waals surface area contributed by atoms with Crippen LogP contribution in [0.1, 0.15) is 106 Å². The number of aliphatic hydroxyl groups excluding tert-OH is 4. The smallest absolute Gasteiger partial charge is 0.308 e. The third-order valence-corrected chi connectivity index (χ3v) is 9.37. The Hall–Kier alpha value is -4.39. The van der Waals surface area contributed by atoms with E-state index in [0.29, 0.717) is 12.8 Å². The number of aliphatic hydroxyl groups is 4. The third kappa shape index (κ3) is 6.04. The number of aromatic hydroxyl groups is 1. The number of hydrogen-bond donors (Lipinski definition) is 5. The van der Waals surface area contributed by atoms with Gasteiger partial charge in [0.05, 0.1) is 18.3 Å². The molecule has 5 atom stereocenters. The summed E-state index contributed by atoms with van der Waals surface area (Å²) in [6, 6.07) is 11.8. The molecule has 0 radical (unpaired) electrons.